The van der Waals surface area contributed by atoms with Crippen LogP contribution in [-0.4, -0.2) is 10.9 Å². The second-order valence-electron chi connectivity index (χ2n) is 1.90. The Bertz CT molecular complexity index is 129. The van der Waals surface area contributed by atoms with Gasteiger partial charge in [-0.25, -0.2) is 0 Å². The van der Waals surface area contributed by atoms with E-state index in [1.54, 1.807) is 13.8 Å². The Morgan fingerprint density at radius 2 is 1.62 bits per heavy atom. The fraction of sp³-hybridized carbons (Fsp3) is 0.500. The van der Waals surface area contributed by atoms with Gasteiger partial charge in [-0.2, -0.15) is 0 Å². The lowest BCUT2D eigenvalue weighted by molar-refractivity contribution is -0.116. The molecule has 0 spiro atoms. The average Bonchev–Trinajstić information content (AvgIpc) is 1.64. The molecule has 0 aliphatic carbocycles. The van der Waals surface area contributed by atoms with E-state index < -0.39 is 0 Å². The van der Waals surface area contributed by atoms with Gasteiger partial charge in [-0.15, -0.1) is 0 Å². The van der Waals surface area contributed by atoms with Crippen LogP contribution in [0.4, 0.5) is 0 Å². The van der Waals surface area contributed by atoms with Crippen LogP contribution >= 0.6 is 0 Å². The molecule has 46 valence electrons. The van der Waals surface area contributed by atoms with Gasteiger partial charge in [-0.3, -0.25) is 4.79 Å². The van der Waals surface area contributed by atoms with E-state index in [-0.39, 0.29) is 11.5 Å². The molecule has 0 heterocycles. The number of aliphatic hydroxyl groups is 1. The van der Waals surface area contributed by atoms with Gasteiger partial charge in [0.05, 0.1) is 0 Å². The van der Waals surface area contributed by atoms with Crippen molar-refractivity contribution in [3.63, 3.8) is 0 Å². The molecule has 0 unspecified atom stereocenters. The van der Waals surface area contributed by atoms with Gasteiger partial charge in [-0.05, 0) is 19.4 Å². The molecule has 0 saturated heterocycles. The monoisotopic (exact) mass is 114 g/mol. The zero-order valence-corrected chi connectivity index (χ0v) is 5.36. The fourth-order valence-electron chi connectivity index (χ4n) is 0.352. The van der Waals surface area contributed by atoms with E-state index in [1.165, 1.54) is 6.92 Å². The van der Waals surface area contributed by atoms with E-state index in [0.29, 0.717) is 5.57 Å². The summed E-state index contributed by atoms with van der Waals surface area (Å²) >= 11 is 0. The summed E-state index contributed by atoms with van der Waals surface area (Å²) in [7, 11) is 0. The van der Waals surface area contributed by atoms with Crippen LogP contribution in [0.1, 0.15) is 20.8 Å². The van der Waals surface area contributed by atoms with E-state index in [0.717, 1.165) is 0 Å². The Morgan fingerprint density at radius 3 is 1.62 bits per heavy atom. The molecule has 0 rings (SSSR count). The molecule has 2 heteroatoms. The lowest BCUT2D eigenvalue weighted by Crippen LogP contribution is -1.96. The number of carbonyl (C=O) groups is 1. The summed E-state index contributed by atoms with van der Waals surface area (Å²) in [6.45, 7) is 4.72. The van der Waals surface area contributed by atoms with Gasteiger partial charge in [0.15, 0.2) is 11.5 Å². The summed E-state index contributed by atoms with van der Waals surface area (Å²) < 4.78 is 0. The topological polar surface area (TPSA) is 37.3 Å². The quantitative estimate of drug-likeness (QED) is 0.413. The highest BCUT2D eigenvalue weighted by Crippen LogP contribution is 1.98. The third-order valence-corrected chi connectivity index (χ3v) is 0.807. The summed E-state index contributed by atoms with van der Waals surface area (Å²) in [5, 5.41) is 8.73. The van der Waals surface area contributed by atoms with Crippen molar-refractivity contribution in [2.45, 2.75) is 20.8 Å². The van der Waals surface area contributed by atoms with Gasteiger partial charge < -0.3 is 5.11 Å². The molecule has 0 saturated carbocycles. The average molecular weight is 114 g/mol. The molecule has 0 aromatic heterocycles. The predicted molar refractivity (Wildman–Crippen MR) is 31.7 cm³/mol. The van der Waals surface area contributed by atoms with Crippen molar-refractivity contribution in [2.75, 3.05) is 0 Å². The van der Waals surface area contributed by atoms with Gasteiger partial charge in [0.25, 0.3) is 0 Å². The molecule has 0 aromatic rings. The van der Waals surface area contributed by atoms with Crippen molar-refractivity contribution in [2.24, 2.45) is 0 Å². The molecule has 1 N–H and O–H groups in total. The Hall–Kier alpha value is -0.790. The predicted octanol–water partition coefficient (Wildman–Crippen LogP) is 1.43. The number of allylic oxidation sites excluding steroid dienone is 2. The second-order valence-corrected chi connectivity index (χ2v) is 1.90. The smallest absolute Gasteiger partial charge is 0.193 e. The molecule has 0 amide bonds. The Kier molecular flexibility index (Phi) is 2.25. The molecule has 0 aliphatic heterocycles. The first-order valence-electron chi connectivity index (χ1n) is 2.43. The van der Waals surface area contributed by atoms with Crippen LogP contribution in [0.2, 0.25) is 0 Å². The molecular weight excluding hydrogens is 104 g/mol. The first kappa shape index (κ1) is 7.21. The van der Waals surface area contributed by atoms with Crippen LogP contribution in [-0.2, 0) is 4.79 Å². The van der Waals surface area contributed by atoms with Crippen LogP contribution in [0, 0.1) is 0 Å². The summed E-state index contributed by atoms with van der Waals surface area (Å²) in [5.74, 6) is -0.394. The van der Waals surface area contributed by atoms with Crippen LogP contribution < -0.4 is 0 Å². The Balaban J connectivity index is 4.23. The second kappa shape index (κ2) is 2.50. The van der Waals surface area contributed by atoms with Crippen LogP contribution in [0.3, 0.4) is 0 Å². The normalized spacial score (nSPS) is 8.38. The first-order chi connectivity index (χ1) is 3.55. The standard InChI is InChI=1S/C6H10O2/c1-4(2)6(8)5(3)7/h8H,1-3H3. The molecule has 0 fully saturated rings. The summed E-state index contributed by atoms with van der Waals surface area (Å²) in [6.07, 6.45) is 0. The third kappa shape index (κ3) is 1.78. The summed E-state index contributed by atoms with van der Waals surface area (Å²) in [4.78, 5) is 10.3. The Morgan fingerprint density at radius 1 is 1.25 bits per heavy atom. The van der Waals surface area contributed by atoms with Gasteiger partial charge in [0.1, 0.15) is 0 Å². The van der Waals surface area contributed by atoms with Gasteiger partial charge >= 0.3 is 0 Å². The van der Waals surface area contributed by atoms with E-state index in [2.05, 4.69) is 0 Å². The lowest BCUT2D eigenvalue weighted by Gasteiger charge is -1.92. The molecule has 0 radical (unpaired) electrons. The number of aliphatic hydroxyl groups excluding tert-OH is 1. The van der Waals surface area contributed by atoms with Crippen molar-refractivity contribution in [1.29, 1.82) is 0 Å². The minimum absolute atomic E-state index is 0.120. The van der Waals surface area contributed by atoms with E-state index in [1.807, 2.05) is 0 Å². The molecular formula is C6H10O2. The SMILES string of the molecule is CC(=O)C(O)=C(C)C. The molecule has 2 nitrogen and oxygen atoms in total. The maximum Gasteiger partial charge on any atom is 0.193 e. The van der Waals surface area contributed by atoms with Crippen molar-refractivity contribution in [3.8, 4) is 0 Å². The largest absolute Gasteiger partial charge is 0.504 e. The summed E-state index contributed by atoms with van der Waals surface area (Å²) in [6, 6.07) is 0. The van der Waals surface area contributed by atoms with Crippen molar-refractivity contribution >= 4 is 5.78 Å². The zero-order valence-electron chi connectivity index (χ0n) is 5.36. The molecule has 0 atom stereocenters. The van der Waals surface area contributed by atoms with Crippen LogP contribution in [0.15, 0.2) is 11.3 Å². The van der Waals surface area contributed by atoms with E-state index in [4.69, 9.17) is 5.11 Å². The molecule has 0 bridgehead atoms. The highest BCUT2D eigenvalue weighted by molar-refractivity contribution is 5.91. The van der Waals surface area contributed by atoms with Gasteiger partial charge in [0.2, 0.25) is 0 Å². The number of ketones is 1. The Labute approximate surface area is 48.8 Å². The zero-order chi connectivity index (χ0) is 6.73. The summed E-state index contributed by atoms with van der Waals surface area (Å²) in [5.41, 5.74) is 0.664. The van der Waals surface area contributed by atoms with Crippen molar-refractivity contribution in [1.82, 2.24) is 0 Å². The van der Waals surface area contributed by atoms with Crippen molar-refractivity contribution < 1.29 is 9.90 Å². The minimum atomic E-state index is -0.273. The van der Waals surface area contributed by atoms with Gasteiger partial charge in [0, 0.05) is 6.92 Å². The number of hydrogen-bond acceptors (Lipinski definition) is 2. The molecule has 8 heavy (non-hydrogen) atoms. The van der Waals surface area contributed by atoms with E-state index in [9.17, 15) is 4.79 Å². The van der Waals surface area contributed by atoms with Crippen LogP contribution in [0.5, 0.6) is 0 Å². The first-order valence-corrected chi connectivity index (χ1v) is 2.43. The van der Waals surface area contributed by atoms with Crippen molar-refractivity contribution in [3.05, 3.63) is 11.3 Å². The van der Waals surface area contributed by atoms with E-state index >= 15 is 0 Å². The number of carbonyl (C=O) groups excluding carboxylic acids is 1. The maximum absolute atomic E-state index is 10.3. The van der Waals surface area contributed by atoms with Gasteiger partial charge in [-0.1, -0.05) is 0 Å². The number of Topliss-reactive ketones (excluding diaryl/α,β-unsaturated/α-hetero) is 1. The third-order valence-electron chi connectivity index (χ3n) is 0.807. The highest BCUT2D eigenvalue weighted by Gasteiger charge is 1.99. The molecule has 0 aromatic carbocycles. The lowest BCUT2D eigenvalue weighted by atomic mass is 10.2. The molecule has 0 aliphatic rings. The fourth-order valence-corrected chi connectivity index (χ4v) is 0.352. The number of hydrogen-bond donors (Lipinski definition) is 1. The van der Waals surface area contributed by atoms with Crippen LogP contribution in [0.25, 0.3) is 0 Å². The number of rotatable bonds is 1. The maximum atomic E-state index is 10.3. The highest BCUT2D eigenvalue weighted by atomic mass is 16.3. The minimum Gasteiger partial charge on any atom is -0.504 e.